The number of nitrogens with zero attached hydrogens (tertiary/aromatic N) is 3. The Bertz CT molecular complexity index is 960. The number of carbonyl (C=O) groups excluding carboxylic acids is 1. The van der Waals surface area contributed by atoms with Crippen LogP contribution in [0.3, 0.4) is 0 Å². The molecule has 6 heteroatoms. The van der Waals surface area contributed by atoms with Crippen LogP contribution in [0.25, 0.3) is 0 Å². The van der Waals surface area contributed by atoms with E-state index in [1.165, 1.54) is 69.2 Å². The highest BCUT2D eigenvalue weighted by molar-refractivity contribution is 5.80. The van der Waals surface area contributed by atoms with Crippen molar-refractivity contribution in [2.45, 2.75) is 90.1 Å². The van der Waals surface area contributed by atoms with Crippen molar-refractivity contribution in [3.63, 3.8) is 0 Å². The molecule has 0 amide bonds. The topological polar surface area (TPSA) is 68.5 Å². The van der Waals surface area contributed by atoms with Crippen LogP contribution in [0.2, 0.25) is 0 Å². The largest absolute Gasteiger partial charge is 0.474 e. The van der Waals surface area contributed by atoms with Crippen molar-refractivity contribution in [1.29, 1.82) is 0 Å². The number of hydrogen-bond donors (Lipinski definition) is 0. The van der Waals surface area contributed by atoms with E-state index < -0.39 is 0 Å². The number of ketones is 1. The third-order valence-corrected chi connectivity index (χ3v) is 8.10. The van der Waals surface area contributed by atoms with Gasteiger partial charge >= 0.3 is 0 Å². The fourth-order valence-corrected chi connectivity index (χ4v) is 5.69. The van der Waals surface area contributed by atoms with Crippen LogP contribution in [0.1, 0.15) is 80.7 Å². The van der Waals surface area contributed by atoms with E-state index in [0.29, 0.717) is 30.8 Å². The molecule has 0 saturated heterocycles. The smallest absolute Gasteiger partial charge is 0.213 e. The maximum Gasteiger partial charge on any atom is 0.213 e. The summed E-state index contributed by atoms with van der Waals surface area (Å²) in [7, 11) is 0. The van der Waals surface area contributed by atoms with Crippen molar-refractivity contribution in [3.05, 3.63) is 41.2 Å². The zero-order valence-corrected chi connectivity index (χ0v) is 20.6. The number of Topliss-reactive ketones (excluding diaryl/α,β-unsaturated/α-hetero) is 1. The summed E-state index contributed by atoms with van der Waals surface area (Å²) in [5, 5.41) is 0. The highest BCUT2D eigenvalue weighted by Gasteiger charge is 2.25. The van der Waals surface area contributed by atoms with Crippen molar-refractivity contribution in [3.8, 4) is 5.88 Å². The predicted molar refractivity (Wildman–Crippen MR) is 131 cm³/mol. The van der Waals surface area contributed by atoms with Crippen LogP contribution < -0.4 is 4.74 Å². The van der Waals surface area contributed by atoms with Gasteiger partial charge in [0.05, 0.1) is 12.6 Å². The Morgan fingerprint density at radius 3 is 2.62 bits per heavy atom. The van der Waals surface area contributed by atoms with E-state index in [2.05, 4.69) is 22.0 Å². The fraction of sp³-hybridized carbons (Fsp3) is 0.679. The molecule has 2 saturated carbocycles. The normalized spacial score (nSPS) is 23.7. The van der Waals surface area contributed by atoms with Gasteiger partial charge in [-0.05, 0) is 75.8 Å². The van der Waals surface area contributed by atoms with Crippen LogP contribution in [0.4, 0.5) is 0 Å². The maximum absolute atomic E-state index is 12.4. The summed E-state index contributed by atoms with van der Waals surface area (Å²) in [6, 6.07) is 4.31. The number of pyridine rings is 1. The van der Waals surface area contributed by atoms with E-state index >= 15 is 0 Å². The number of oxazole rings is 1. The van der Waals surface area contributed by atoms with E-state index in [9.17, 15) is 4.79 Å². The third kappa shape index (κ3) is 6.26. The number of carbonyl (C=O) groups is 1. The molecule has 6 nitrogen and oxygen atoms in total. The average molecular weight is 466 g/mol. The summed E-state index contributed by atoms with van der Waals surface area (Å²) in [4.78, 5) is 24.1. The first kappa shape index (κ1) is 23.5. The lowest BCUT2D eigenvalue weighted by Gasteiger charge is -2.30. The Labute approximate surface area is 203 Å². The monoisotopic (exact) mass is 465 g/mol. The number of ether oxygens (including phenoxy) is 1. The lowest BCUT2D eigenvalue weighted by atomic mass is 9.78. The zero-order chi connectivity index (χ0) is 23.3. The molecular formula is C28H39N3O3. The lowest BCUT2D eigenvalue weighted by molar-refractivity contribution is -0.119. The molecule has 0 atom stereocenters. The summed E-state index contributed by atoms with van der Waals surface area (Å²) in [6.45, 7) is 5.27. The molecule has 2 aromatic heterocycles. The summed E-state index contributed by atoms with van der Waals surface area (Å²) in [5.74, 6) is 3.76. The molecule has 0 bridgehead atoms. The minimum atomic E-state index is 0.268. The first-order valence-electron chi connectivity index (χ1n) is 13.4. The van der Waals surface area contributed by atoms with Crippen molar-refractivity contribution in [2.24, 2.45) is 11.8 Å². The molecule has 2 fully saturated rings. The van der Waals surface area contributed by atoms with Gasteiger partial charge in [0, 0.05) is 37.7 Å². The van der Waals surface area contributed by atoms with Crippen LogP contribution in [-0.4, -0.2) is 46.4 Å². The fourth-order valence-electron chi connectivity index (χ4n) is 5.69. The molecule has 0 aromatic carbocycles. The van der Waals surface area contributed by atoms with Crippen LogP contribution in [0.15, 0.2) is 22.7 Å². The summed E-state index contributed by atoms with van der Waals surface area (Å²) in [6.07, 6.45) is 15.0. The number of fused-ring (bicyclic) bond motifs is 1. The minimum Gasteiger partial charge on any atom is -0.474 e. The molecule has 1 aliphatic heterocycles. The highest BCUT2D eigenvalue weighted by atomic mass is 16.5. The summed E-state index contributed by atoms with van der Waals surface area (Å²) < 4.78 is 11.5. The van der Waals surface area contributed by atoms with E-state index in [-0.39, 0.29) is 5.78 Å². The van der Waals surface area contributed by atoms with Crippen molar-refractivity contribution < 1.29 is 13.9 Å². The second-order valence-corrected chi connectivity index (χ2v) is 10.7. The molecule has 3 heterocycles. The van der Waals surface area contributed by atoms with Gasteiger partial charge in [-0.1, -0.05) is 18.9 Å². The molecule has 3 aliphatic rings. The SMILES string of the molecule is Cc1cnc(CC(=O)CC2CCC(CCN3CCc4ccc(OC5CCC5)nc4CC3)CC2)o1. The molecule has 2 aliphatic carbocycles. The molecule has 0 radical (unpaired) electrons. The second-order valence-electron chi connectivity index (χ2n) is 10.7. The van der Waals surface area contributed by atoms with Crippen molar-refractivity contribution >= 4 is 5.78 Å². The standard InChI is InChI=1S/C28H39N3O3/c1-20-19-29-28(33-20)18-24(32)17-22-7-5-21(6-8-22)11-14-31-15-12-23-9-10-27(30-26(23)13-16-31)34-25-3-2-4-25/h9-10,19,21-22,25H,2-8,11-18H2,1H3. The van der Waals surface area contributed by atoms with Gasteiger partial charge in [0.15, 0.2) is 0 Å². The second kappa shape index (κ2) is 11.0. The molecule has 5 rings (SSSR count). The molecule has 0 N–H and O–H groups in total. The van der Waals surface area contributed by atoms with Gasteiger partial charge in [-0.15, -0.1) is 0 Å². The lowest BCUT2D eigenvalue weighted by Crippen LogP contribution is -2.29. The molecule has 0 unspecified atom stereocenters. The Morgan fingerprint density at radius 1 is 1.09 bits per heavy atom. The van der Waals surface area contributed by atoms with Gasteiger partial charge in [0.2, 0.25) is 11.8 Å². The van der Waals surface area contributed by atoms with E-state index in [4.69, 9.17) is 14.1 Å². The number of hydrogen-bond acceptors (Lipinski definition) is 6. The number of aryl methyl sites for hydroxylation is 1. The van der Waals surface area contributed by atoms with Gasteiger partial charge in [0.1, 0.15) is 17.6 Å². The van der Waals surface area contributed by atoms with E-state index in [0.717, 1.165) is 43.5 Å². The molecule has 184 valence electrons. The quantitative estimate of drug-likeness (QED) is 0.513. The molecule has 0 spiro atoms. The third-order valence-electron chi connectivity index (χ3n) is 8.10. The molecule has 34 heavy (non-hydrogen) atoms. The van der Waals surface area contributed by atoms with Crippen molar-refractivity contribution in [2.75, 3.05) is 19.6 Å². The average Bonchev–Trinajstić information content (AvgIpc) is 3.10. The van der Waals surface area contributed by atoms with Crippen molar-refractivity contribution in [1.82, 2.24) is 14.9 Å². The molecular weight excluding hydrogens is 426 g/mol. The van der Waals surface area contributed by atoms with Crippen LogP contribution in [0, 0.1) is 18.8 Å². The highest BCUT2D eigenvalue weighted by Crippen LogP contribution is 2.33. The first-order chi connectivity index (χ1) is 16.6. The Morgan fingerprint density at radius 2 is 1.88 bits per heavy atom. The Hall–Kier alpha value is -2.21. The van der Waals surface area contributed by atoms with E-state index in [1.54, 1.807) is 6.20 Å². The number of rotatable bonds is 9. The number of aromatic nitrogens is 2. The molecule has 2 aromatic rings. The first-order valence-corrected chi connectivity index (χ1v) is 13.4. The van der Waals surface area contributed by atoms with Gasteiger partial charge in [0.25, 0.3) is 0 Å². The van der Waals surface area contributed by atoms with Gasteiger partial charge in [-0.3, -0.25) is 4.79 Å². The van der Waals surface area contributed by atoms with Crippen LogP contribution in [0.5, 0.6) is 5.88 Å². The summed E-state index contributed by atoms with van der Waals surface area (Å²) >= 11 is 0. The van der Waals surface area contributed by atoms with E-state index in [1.807, 2.05) is 6.92 Å². The minimum absolute atomic E-state index is 0.268. The maximum atomic E-state index is 12.4. The predicted octanol–water partition coefficient (Wildman–Crippen LogP) is 5.11. The Kier molecular flexibility index (Phi) is 7.63. The van der Waals surface area contributed by atoms with Gasteiger partial charge in [-0.25, -0.2) is 9.97 Å². The van der Waals surface area contributed by atoms with Crippen LogP contribution >= 0.6 is 0 Å². The summed E-state index contributed by atoms with van der Waals surface area (Å²) in [5.41, 5.74) is 2.64. The van der Waals surface area contributed by atoms with Crippen LogP contribution in [-0.2, 0) is 24.1 Å². The zero-order valence-electron chi connectivity index (χ0n) is 20.6. The van der Waals surface area contributed by atoms with Gasteiger partial charge in [-0.2, -0.15) is 0 Å². The Balaban J connectivity index is 1.01. The van der Waals surface area contributed by atoms with Gasteiger partial charge < -0.3 is 14.1 Å².